The summed E-state index contributed by atoms with van der Waals surface area (Å²) in [4.78, 5) is 37.6. The SMILES string of the molecule is Cc1cccc(C)c1NC(=O)CN(C)CC(=O)NNC(=O)c1ccccc1. The lowest BCUT2D eigenvalue weighted by Crippen LogP contribution is -2.46. The van der Waals surface area contributed by atoms with E-state index in [1.807, 2.05) is 32.0 Å². The summed E-state index contributed by atoms with van der Waals surface area (Å²) >= 11 is 0. The van der Waals surface area contributed by atoms with Gasteiger partial charge >= 0.3 is 0 Å². The van der Waals surface area contributed by atoms with Crippen LogP contribution in [-0.2, 0) is 9.59 Å². The average Bonchev–Trinajstić information content (AvgIpc) is 2.63. The third-order valence-corrected chi connectivity index (χ3v) is 3.92. The van der Waals surface area contributed by atoms with Gasteiger partial charge in [0, 0.05) is 11.3 Å². The molecule has 0 saturated heterocycles. The Morgan fingerprint density at radius 3 is 2.04 bits per heavy atom. The number of hydrogen-bond acceptors (Lipinski definition) is 4. The second kappa shape index (κ2) is 9.49. The molecule has 2 aromatic carbocycles. The Morgan fingerprint density at radius 1 is 0.815 bits per heavy atom. The van der Waals surface area contributed by atoms with Gasteiger partial charge < -0.3 is 5.32 Å². The van der Waals surface area contributed by atoms with Gasteiger partial charge in [-0.1, -0.05) is 36.4 Å². The smallest absolute Gasteiger partial charge is 0.269 e. The molecule has 27 heavy (non-hydrogen) atoms. The predicted octanol–water partition coefficient (Wildman–Crippen LogP) is 1.63. The lowest BCUT2D eigenvalue weighted by molar-refractivity contribution is -0.123. The number of likely N-dealkylation sites (N-methyl/N-ethyl adjacent to an activating group) is 1. The van der Waals surface area contributed by atoms with Crippen molar-refractivity contribution in [2.45, 2.75) is 13.8 Å². The summed E-state index contributed by atoms with van der Waals surface area (Å²) in [5, 5.41) is 2.87. The van der Waals surface area contributed by atoms with E-state index in [1.54, 1.807) is 42.3 Å². The first-order valence-electron chi connectivity index (χ1n) is 8.55. The third-order valence-electron chi connectivity index (χ3n) is 3.92. The molecule has 0 radical (unpaired) electrons. The van der Waals surface area contributed by atoms with E-state index >= 15 is 0 Å². The number of aryl methyl sites for hydroxylation is 2. The Labute approximate surface area is 158 Å². The molecule has 0 fully saturated rings. The quantitative estimate of drug-likeness (QED) is 0.676. The maximum Gasteiger partial charge on any atom is 0.269 e. The van der Waals surface area contributed by atoms with Crippen LogP contribution in [0.5, 0.6) is 0 Å². The highest BCUT2D eigenvalue weighted by Crippen LogP contribution is 2.19. The number of anilines is 1. The van der Waals surface area contributed by atoms with Crippen molar-refractivity contribution in [1.82, 2.24) is 15.8 Å². The molecule has 2 rings (SSSR count). The van der Waals surface area contributed by atoms with Crippen molar-refractivity contribution in [3.8, 4) is 0 Å². The molecule has 0 bridgehead atoms. The van der Waals surface area contributed by atoms with E-state index in [2.05, 4.69) is 16.2 Å². The number of para-hydroxylation sites is 1. The fourth-order valence-corrected chi connectivity index (χ4v) is 2.56. The number of hydrogen-bond donors (Lipinski definition) is 3. The summed E-state index contributed by atoms with van der Waals surface area (Å²) in [7, 11) is 1.66. The molecule has 0 heterocycles. The molecule has 0 atom stereocenters. The first-order valence-corrected chi connectivity index (χ1v) is 8.55. The van der Waals surface area contributed by atoms with Crippen molar-refractivity contribution in [3.63, 3.8) is 0 Å². The molecule has 0 saturated carbocycles. The van der Waals surface area contributed by atoms with Crippen molar-refractivity contribution in [2.24, 2.45) is 0 Å². The van der Waals surface area contributed by atoms with Crippen LogP contribution in [-0.4, -0.2) is 42.8 Å². The van der Waals surface area contributed by atoms with Gasteiger partial charge in [-0.2, -0.15) is 0 Å². The summed E-state index contributed by atoms with van der Waals surface area (Å²) < 4.78 is 0. The van der Waals surface area contributed by atoms with E-state index in [0.29, 0.717) is 5.56 Å². The Bertz CT molecular complexity index is 801. The first-order chi connectivity index (χ1) is 12.9. The van der Waals surface area contributed by atoms with E-state index in [1.165, 1.54) is 0 Å². The van der Waals surface area contributed by atoms with Gasteiger partial charge in [0.25, 0.3) is 11.8 Å². The van der Waals surface area contributed by atoms with Crippen molar-refractivity contribution >= 4 is 23.4 Å². The summed E-state index contributed by atoms with van der Waals surface area (Å²) in [6.07, 6.45) is 0. The van der Waals surface area contributed by atoms with E-state index in [-0.39, 0.29) is 19.0 Å². The van der Waals surface area contributed by atoms with E-state index in [0.717, 1.165) is 16.8 Å². The van der Waals surface area contributed by atoms with Gasteiger partial charge in [0.15, 0.2) is 0 Å². The van der Waals surface area contributed by atoms with Crippen molar-refractivity contribution < 1.29 is 14.4 Å². The highest BCUT2D eigenvalue weighted by molar-refractivity contribution is 5.96. The maximum absolute atomic E-state index is 12.2. The van der Waals surface area contributed by atoms with Crippen LogP contribution in [0.2, 0.25) is 0 Å². The zero-order valence-electron chi connectivity index (χ0n) is 15.7. The summed E-state index contributed by atoms with van der Waals surface area (Å²) in [6.45, 7) is 3.87. The van der Waals surface area contributed by atoms with Crippen LogP contribution in [0.3, 0.4) is 0 Å². The van der Waals surface area contributed by atoms with Gasteiger partial charge in [0.2, 0.25) is 5.91 Å². The molecule has 0 spiro atoms. The molecule has 0 aromatic heterocycles. The van der Waals surface area contributed by atoms with Crippen molar-refractivity contribution in [1.29, 1.82) is 0 Å². The predicted molar refractivity (Wildman–Crippen MR) is 104 cm³/mol. The normalized spacial score (nSPS) is 10.4. The summed E-state index contributed by atoms with van der Waals surface area (Å²) in [5.41, 5.74) is 7.88. The summed E-state index contributed by atoms with van der Waals surface area (Å²) in [5.74, 6) is -1.03. The van der Waals surface area contributed by atoms with Crippen LogP contribution in [0, 0.1) is 13.8 Å². The molecule has 0 unspecified atom stereocenters. The Morgan fingerprint density at radius 2 is 1.41 bits per heavy atom. The lowest BCUT2D eigenvalue weighted by Gasteiger charge is -2.17. The lowest BCUT2D eigenvalue weighted by atomic mass is 10.1. The molecule has 3 amide bonds. The van der Waals surface area contributed by atoms with Gasteiger partial charge in [-0.05, 0) is 44.2 Å². The van der Waals surface area contributed by atoms with Gasteiger partial charge in [-0.25, -0.2) is 0 Å². The monoisotopic (exact) mass is 368 g/mol. The van der Waals surface area contributed by atoms with Crippen molar-refractivity contribution in [2.75, 3.05) is 25.5 Å². The minimum atomic E-state index is -0.415. The van der Waals surface area contributed by atoms with Gasteiger partial charge in [0.05, 0.1) is 13.1 Å². The van der Waals surface area contributed by atoms with E-state index in [4.69, 9.17) is 0 Å². The highest BCUT2D eigenvalue weighted by Gasteiger charge is 2.13. The number of carbonyl (C=O) groups is 3. The molecule has 2 aromatic rings. The Kier molecular flexibility index (Phi) is 7.08. The highest BCUT2D eigenvalue weighted by atomic mass is 16.2. The zero-order valence-corrected chi connectivity index (χ0v) is 15.7. The number of carbonyl (C=O) groups excluding carboxylic acids is 3. The van der Waals surface area contributed by atoms with Crippen LogP contribution < -0.4 is 16.2 Å². The minimum absolute atomic E-state index is 0.0325. The second-order valence-electron chi connectivity index (χ2n) is 6.36. The number of nitrogens with zero attached hydrogens (tertiary/aromatic N) is 1. The van der Waals surface area contributed by atoms with Crippen LogP contribution >= 0.6 is 0 Å². The zero-order chi connectivity index (χ0) is 19.8. The van der Waals surface area contributed by atoms with Gasteiger partial charge in [-0.15, -0.1) is 0 Å². The van der Waals surface area contributed by atoms with E-state index in [9.17, 15) is 14.4 Å². The number of amides is 3. The minimum Gasteiger partial charge on any atom is -0.324 e. The Hall–Kier alpha value is -3.19. The summed E-state index contributed by atoms with van der Waals surface area (Å²) in [6, 6.07) is 14.3. The molecule has 7 heteroatoms. The fourth-order valence-electron chi connectivity index (χ4n) is 2.56. The largest absolute Gasteiger partial charge is 0.324 e. The molecule has 7 nitrogen and oxygen atoms in total. The average molecular weight is 368 g/mol. The second-order valence-corrected chi connectivity index (χ2v) is 6.36. The molecule has 0 aliphatic rings. The molecule has 3 N–H and O–H groups in total. The van der Waals surface area contributed by atoms with Gasteiger partial charge in [-0.3, -0.25) is 30.1 Å². The van der Waals surface area contributed by atoms with Crippen LogP contribution in [0.15, 0.2) is 48.5 Å². The van der Waals surface area contributed by atoms with E-state index < -0.39 is 11.8 Å². The number of hydrazine groups is 1. The standard InChI is InChI=1S/C20H24N4O3/c1-14-8-7-9-15(2)19(14)21-17(25)12-24(3)13-18(26)22-23-20(27)16-10-5-4-6-11-16/h4-11H,12-13H2,1-3H3,(H,21,25)(H,22,26)(H,23,27). The first kappa shape index (κ1) is 20.1. The molecule has 0 aliphatic heterocycles. The maximum atomic E-state index is 12.2. The van der Waals surface area contributed by atoms with Crippen LogP contribution in [0.4, 0.5) is 5.69 Å². The third kappa shape index (κ3) is 6.23. The molecule has 0 aliphatic carbocycles. The van der Waals surface area contributed by atoms with Gasteiger partial charge in [0.1, 0.15) is 0 Å². The molecular weight excluding hydrogens is 344 g/mol. The Balaban J connectivity index is 1.77. The number of nitrogens with one attached hydrogen (secondary N) is 3. The van der Waals surface area contributed by atoms with Crippen LogP contribution in [0.1, 0.15) is 21.5 Å². The molecular formula is C20H24N4O3. The number of rotatable bonds is 6. The van der Waals surface area contributed by atoms with Crippen LogP contribution in [0.25, 0.3) is 0 Å². The molecule has 142 valence electrons. The fraction of sp³-hybridized carbons (Fsp3) is 0.250. The van der Waals surface area contributed by atoms with Crippen molar-refractivity contribution in [3.05, 3.63) is 65.2 Å². The topological polar surface area (TPSA) is 90.5 Å². The number of benzene rings is 2.